The Morgan fingerprint density at radius 2 is 1.23 bits per heavy atom. The van der Waals surface area contributed by atoms with Crippen LogP contribution in [-0.2, 0) is 9.84 Å². The Morgan fingerprint density at radius 3 is 1.73 bits per heavy atom. The molecule has 0 saturated heterocycles. The lowest BCUT2D eigenvalue weighted by Gasteiger charge is -2.17. The zero-order chi connectivity index (χ0) is 16.8. The van der Waals surface area contributed by atoms with Crippen molar-refractivity contribution in [2.75, 3.05) is 0 Å². The Labute approximate surface area is 131 Å². The summed E-state index contributed by atoms with van der Waals surface area (Å²) in [6, 6.07) is 4.43. The van der Waals surface area contributed by atoms with Gasteiger partial charge in [0, 0.05) is 5.56 Å². The number of aryl methyl sites for hydroxylation is 3. The second kappa shape index (κ2) is 5.32. The van der Waals surface area contributed by atoms with Crippen LogP contribution in [0.3, 0.4) is 0 Å². The summed E-state index contributed by atoms with van der Waals surface area (Å²) in [7, 11) is -3.79. The lowest BCUT2D eigenvalue weighted by Crippen LogP contribution is -2.11. The van der Waals surface area contributed by atoms with Gasteiger partial charge < -0.3 is 10.2 Å². The van der Waals surface area contributed by atoms with E-state index in [-0.39, 0.29) is 21.3 Å². The minimum atomic E-state index is -3.79. The van der Waals surface area contributed by atoms with Crippen molar-refractivity contribution in [3.8, 4) is 11.5 Å². The number of phenolic OH excluding ortho intramolecular Hbond substituents is 2. The maximum atomic E-state index is 13.1. The monoisotopic (exact) mass is 320 g/mol. The Morgan fingerprint density at radius 1 is 0.727 bits per heavy atom. The predicted octanol–water partition coefficient (Wildman–Crippen LogP) is 3.47. The van der Waals surface area contributed by atoms with Crippen molar-refractivity contribution in [2.24, 2.45) is 0 Å². The smallest absolute Gasteiger partial charge is 0.207 e. The first-order valence-corrected chi connectivity index (χ1v) is 8.40. The van der Waals surface area contributed by atoms with Crippen molar-refractivity contribution < 1.29 is 18.6 Å². The average molecular weight is 320 g/mol. The summed E-state index contributed by atoms with van der Waals surface area (Å²) in [4.78, 5) is 0.323. The molecule has 2 N–H and O–H groups in total. The average Bonchev–Trinajstić information content (AvgIpc) is 2.34. The Kier molecular flexibility index (Phi) is 3.96. The number of benzene rings is 2. The molecule has 22 heavy (non-hydrogen) atoms. The fourth-order valence-corrected chi connectivity index (χ4v) is 5.10. The molecule has 0 atom stereocenters. The van der Waals surface area contributed by atoms with Gasteiger partial charge in [-0.2, -0.15) is 0 Å². The van der Waals surface area contributed by atoms with Crippen LogP contribution in [0.25, 0.3) is 0 Å². The third-order valence-electron chi connectivity index (χ3n) is 3.99. The molecule has 4 nitrogen and oxygen atoms in total. The van der Waals surface area contributed by atoms with Crippen molar-refractivity contribution in [3.63, 3.8) is 0 Å². The van der Waals surface area contributed by atoms with Crippen molar-refractivity contribution in [3.05, 3.63) is 46.0 Å². The molecule has 0 aliphatic heterocycles. The highest BCUT2D eigenvalue weighted by Gasteiger charge is 2.28. The van der Waals surface area contributed by atoms with E-state index < -0.39 is 9.84 Å². The molecule has 0 saturated carbocycles. The second-order valence-electron chi connectivity index (χ2n) is 5.70. The summed E-state index contributed by atoms with van der Waals surface area (Å²) in [5.74, 6) is 0.00485. The summed E-state index contributed by atoms with van der Waals surface area (Å²) in [6.07, 6.45) is 0. The van der Waals surface area contributed by atoms with E-state index in [9.17, 15) is 18.6 Å². The molecule has 2 rings (SSSR count). The molecular weight excluding hydrogens is 300 g/mol. The highest BCUT2D eigenvalue weighted by atomic mass is 32.2. The minimum Gasteiger partial charge on any atom is -0.508 e. The van der Waals surface area contributed by atoms with Crippen LogP contribution in [-0.4, -0.2) is 18.6 Å². The lowest BCUT2D eigenvalue weighted by molar-refractivity contribution is 0.467. The van der Waals surface area contributed by atoms with Crippen LogP contribution in [0.5, 0.6) is 11.5 Å². The van der Waals surface area contributed by atoms with Crippen LogP contribution in [0.1, 0.15) is 27.8 Å². The Bertz CT molecular complexity index is 815. The van der Waals surface area contributed by atoms with Crippen LogP contribution in [0.15, 0.2) is 28.0 Å². The largest absolute Gasteiger partial charge is 0.508 e. The first-order valence-electron chi connectivity index (χ1n) is 6.92. The quantitative estimate of drug-likeness (QED) is 0.888. The van der Waals surface area contributed by atoms with Gasteiger partial charge in [-0.3, -0.25) is 0 Å². The molecule has 0 amide bonds. The lowest BCUT2D eigenvalue weighted by atomic mass is 10.1. The maximum Gasteiger partial charge on any atom is 0.207 e. The summed E-state index contributed by atoms with van der Waals surface area (Å²) < 4.78 is 26.3. The molecule has 2 aromatic carbocycles. The highest BCUT2D eigenvalue weighted by Crippen LogP contribution is 2.37. The molecule has 5 heteroatoms. The molecule has 118 valence electrons. The number of sulfone groups is 1. The fraction of sp³-hybridized carbons (Fsp3) is 0.294. The molecule has 0 aliphatic rings. The zero-order valence-corrected chi connectivity index (χ0v) is 14.2. The van der Waals surface area contributed by atoms with Gasteiger partial charge in [-0.15, -0.1) is 0 Å². The van der Waals surface area contributed by atoms with Gasteiger partial charge in [0.15, 0.2) is 0 Å². The van der Waals surface area contributed by atoms with E-state index in [0.29, 0.717) is 22.3 Å². The Balaban J connectivity index is 2.89. The van der Waals surface area contributed by atoms with E-state index >= 15 is 0 Å². The van der Waals surface area contributed by atoms with Crippen molar-refractivity contribution in [1.29, 1.82) is 0 Å². The number of aromatic hydroxyl groups is 2. The van der Waals surface area contributed by atoms with Gasteiger partial charge in [-0.25, -0.2) is 8.42 Å². The molecular formula is C17H20O4S. The number of hydrogen-bond acceptors (Lipinski definition) is 4. The van der Waals surface area contributed by atoms with E-state index in [1.807, 2.05) is 0 Å². The van der Waals surface area contributed by atoms with Crippen LogP contribution >= 0.6 is 0 Å². The standard InChI is InChI=1S/C17H20O4S/c1-9-8-15(19)13(5)17(12(9)4)22(20,21)16-10(2)6-14(18)7-11(16)3/h6-8,18-19H,1-5H3. The van der Waals surface area contributed by atoms with Gasteiger partial charge in [0.2, 0.25) is 9.84 Å². The molecule has 0 spiro atoms. The van der Waals surface area contributed by atoms with Crippen molar-refractivity contribution >= 4 is 9.84 Å². The van der Waals surface area contributed by atoms with Crippen molar-refractivity contribution in [2.45, 2.75) is 44.4 Å². The van der Waals surface area contributed by atoms with Crippen molar-refractivity contribution in [1.82, 2.24) is 0 Å². The SMILES string of the molecule is Cc1cc(O)c(C)c(S(=O)(=O)c2c(C)cc(O)cc2C)c1C. The van der Waals surface area contributed by atoms with Crippen LogP contribution < -0.4 is 0 Å². The molecule has 0 bridgehead atoms. The first kappa shape index (κ1) is 16.4. The molecule has 0 aromatic heterocycles. The van der Waals surface area contributed by atoms with E-state index in [1.54, 1.807) is 40.7 Å². The Hall–Kier alpha value is -2.01. The third-order valence-corrected chi connectivity index (χ3v) is 6.32. The zero-order valence-electron chi connectivity index (χ0n) is 13.4. The second-order valence-corrected chi connectivity index (χ2v) is 7.53. The van der Waals surface area contributed by atoms with E-state index in [4.69, 9.17) is 0 Å². The highest BCUT2D eigenvalue weighted by molar-refractivity contribution is 7.91. The van der Waals surface area contributed by atoms with Gasteiger partial charge in [0.05, 0.1) is 9.79 Å². The van der Waals surface area contributed by atoms with Gasteiger partial charge in [0.25, 0.3) is 0 Å². The van der Waals surface area contributed by atoms with Gasteiger partial charge in [-0.1, -0.05) is 0 Å². The number of hydrogen-bond donors (Lipinski definition) is 2. The van der Waals surface area contributed by atoms with Crippen LogP contribution in [0, 0.1) is 34.6 Å². The number of phenols is 2. The van der Waals surface area contributed by atoms with E-state index in [2.05, 4.69) is 0 Å². The minimum absolute atomic E-state index is 0.0317. The van der Waals surface area contributed by atoms with E-state index in [1.165, 1.54) is 12.1 Å². The third kappa shape index (κ3) is 2.46. The van der Waals surface area contributed by atoms with E-state index in [0.717, 1.165) is 5.56 Å². The van der Waals surface area contributed by atoms with Gasteiger partial charge >= 0.3 is 0 Å². The first-order chi connectivity index (χ1) is 10.1. The van der Waals surface area contributed by atoms with Crippen LogP contribution in [0.2, 0.25) is 0 Å². The fourth-order valence-electron chi connectivity index (χ4n) is 2.85. The topological polar surface area (TPSA) is 74.6 Å². The number of rotatable bonds is 2. The normalized spacial score (nSPS) is 11.7. The summed E-state index contributed by atoms with van der Waals surface area (Å²) in [5, 5.41) is 19.6. The summed E-state index contributed by atoms with van der Waals surface area (Å²) in [6.45, 7) is 8.41. The molecule has 0 radical (unpaired) electrons. The molecule has 0 heterocycles. The summed E-state index contributed by atoms with van der Waals surface area (Å²) >= 11 is 0. The molecule has 0 aliphatic carbocycles. The molecule has 2 aromatic rings. The maximum absolute atomic E-state index is 13.1. The summed E-state index contributed by atoms with van der Waals surface area (Å²) in [5.41, 5.74) is 2.66. The predicted molar refractivity (Wildman–Crippen MR) is 85.4 cm³/mol. The van der Waals surface area contributed by atoms with Crippen LogP contribution in [0.4, 0.5) is 0 Å². The molecule has 0 unspecified atom stereocenters. The van der Waals surface area contributed by atoms with Gasteiger partial charge in [-0.05, 0) is 75.1 Å². The van der Waals surface area contributed by atoms with Gasteiger partial charge in [0.1, 0.15) is 11.5 Å². The molecule has 0 fully saturated rings.